The van der Waals surface area contributed by atoms with E-state index in [1.54, 1.807) is 37.4 Å². The van der Waals surface area contributed by atoms with E-state index in [9.17, 15) is 24.6 Å². The highest BCUT2D eigenvalue weighted by Gasteiger charge is 2.30. The van der Waals surface area contributed by atoms with Crippen LogP contribution in [0.5, 0.6) is 11.5 Å². The summed E-state index contributed by atoms with van der Waals surface area (Å²) in [5, 5.41) is 42.9. The summed E-state index contributed by atoms with van der Waals surface area (Å²) < 4.78 is 0. The molecule has 2 aliphatic heterocycles. The van der Waals surface area contributed by atoms with Gasteiger partial charge in [0.2, 0.25) is 17.7 Å². The van der Waals surface area contributed by atoms with E-state index >= 15 is 0 Å². The Balaban J connectivity index is 1.69. The highest BCUT2D eigenvalue weighted by atomic mass is 16.3. The van der Waals surface area contributed by atoms with Gasteiger partial charge < -0.3 is 47.4 Å². The first-order chi connectivity index (χ1) is 20.8. The standard InChI is InChI=1S/C31H45N7O5/c1-32-9-3-4-24-30(42)38-26(29(41)36-18-19-16-34-10-11-35-17-19)15-23-13-21(6-8-28(23)40)20-5-7-27(39)22(12-20)14-25(33-2)31(43)37-24/h5-8,12-13,19,24-26,32-35,39-40H,3-4,9-11,14-18H2,1-2H3,(H,36,41)(H,37,43)(H,38,42)/t24-,25-,26-/m0/s1. The Morgan fingerprint density at radius 1 is 0.884 bits per heavy atom. The summed E-state index contributed by atoms with van der Waals surface area (Å²) in [7, 11) is 3.47. The monoisotopic (exact) mass is 595 g/mol. The Morgan fingerprint density at radius 3 is 2.12 bits per heavy atom. The fourth-order valence-electron chi connectivity index (χ4n) is 5.50. The van der Waals surface area contributed by atoms with Crippen LogP contribution in [0.25, 0.3) is 11.1 Å². The first-order valence-electron chi connectivity index (χ1n) is 15.0. The van der Waals surface area contributed by atoms with Crippen LogP contribution in [-0.4, -0.2) is 99.4 Å². The Morgan fingerprint density at radius 2 is 1.51 bits per heavy atom. The summed E-state index contributed by atoms with van der Waals surface area (Å²) >= 11 is 0. The van der Waals surface area contributed by atoms with Crippen LogP contribution in [0, 0.1) is 5.92 Å². The minimum absolute atomic E-state index is 0.00500. The molecule has 3 amide bonds. The zero-order valence-corrected chi connectivity index (χ0v) is 25.0. The number of hydrogen-bond donors (Lipinski definition) is 9. The Labute approximate surface area is 252 Å². The number of phenols is 2. The summed E-state index contributed by atoms with van der Waals surface area (Å²) in [5.41, 5.74) is 2.60. The van der Waals surface area contributed by atoms with Crippen molar-refractivity contribution in [2.24, 2.45) is 5.92 Å². The highest BCUT2D eigenvalue weighted by Crippen LogP contribution is 2.31. The molecule has 0 saturated carbocycles. The second-order valence-electron chi connectivity index (χ2n) is 11.3. The third-order valence-electron chi connectivity index (χ3n) is 8.10. The summed E-state index contributed by atoms with van der Waals surface area (Å²) in [6.45, 7) is 4.29. The Kier molecular flexibility index (Phi) is 11.7. The van der Waals surface area contributed by atoms with E-state index in [1.807, 2.05) is 13.1 Å². The lowest BCUT2D eigenvalue weighted by atomic mass is 9.95. The van der Waals surface area contributed by atoms with Gasteiger partial charge in [0.25, 0.3) is 0 Å². The zero-order valence-electron chi connectivity index (χ0n) is 25.0. The maximum absolute atomic E-state index is 13.7. The number of hydrogen-bond acceptors (Lipinski definition) is 9. The van der Waals surface area contributed by atoms with E-state index in [1.165, 1.54) is 0 Å². The molecule has 12 heteroatoms. The van der Waals surface area contributed by atoms with Gasteiger partial charge in [-0.05, 0) is 80.0 Å². The van der Waals surface area contributed by atoms with Crippen molar-refractivity contribution in [2.75, 3.05) is 53.4 Å². The number of likely N-dealkylation sites (N-methyl/N-ethyl adjacent to an activating group) is 1. The Hall–Kier alpha value is -3.71. The number of nitrogens with one attached hydrogen (secondary N) is 7. The van der Waals surface area contributed by atoms with Crippen molar-refractivity contribution < 1.29 is 24.6 Å². The van der Waals surface area contributed by atoms with E-state index in [0.717, 1.165) is 37.3 Å². The first-order valence-corrected chi connectivity index (χ1v) is 15.0. The molecular weight excluding hydrogens is 550 g/mol. The molecule has 0 spiro atoms. The van der Waals surface area contributed by atoms with E-state index in [2.05, 4.69) is 37.2 Å². The van der Waals surface area contributed by atoms with Gasteiger partial charge in [-0.2, -0.15) is 0 Å². The topological polar surface area (TPSA) is 176 Å². The summed E-state index contributed by atoms with van der Waals surface area (Å²) in [4.78, 5) is 40.7. The third-order valence-corrected chi connectivity index (χ3v) is 8.10. The largest absolute Gasteiger partial charge is 0.508 e. The van der Waals surface area contributed by atoms with Crippen molar-refractivity contribution in [3.8, 4) is 22.6 Å². The maximum Gasteiger partial charge on any atom is 0.243 e. The van der Waals surface area contributed by atoms with Gasteiger partial charge in [-0.1, -0.05) is 12.1 Å². The molecule has 1 saturated heterocycles. The molecule has 0 aliphatic carbocycles. The summed E-state index contributed by atoms with van der Waals surface area (Å²) in [6, 6.07) is 7.66. The average molecular weight is 596 g/mol. The van der Waals surface area contributed by atoms with Gasteiger partial charge >= 0.3 is 0 Å². The first kappa shape index (κ1) is 32.2. The number of aromatic hydroxyl groups is 2. The molecule has 12 nitrogen and oxygen atoms in total. The van der Waals surface area contributed by atoms with Crippen molar-refractivity contribution >= 4 is 17.7 Å². The predicted molar refractivity (Wildman–Crippen MR) is 165 cm³/mol. The number of phenolic OH excluding ortho intramolecular Hbond substituents is 2. The minimum atomic E-state index is -0.996. The molecule has 2 aromatic rings. The molecule has 43 heavy (non-hydrogen) atoms. The van der Waals surface area contributed by atoms with E-state index < -0.39 is 24.0 Å². The zero-order chi connectivity index (χ0) is 30.8. The number of benzene rings is 2. The second kappa shape index (κ2) is 15.7. The van der Waals surface area contributed by atoms with Crippen molar-refractivity contribution in [3.05, 3.63) is 47.5 Å². The van der Waals surface area contributed by atoms with Crippen LogP contribution in [0.3, 0.4) is 0 Å². The van der Waals surface area contributed by atoms with Crippen LogP contribution >= 0.6 is 0 Å². The van der Waals surface area contributed by atoms with Gasteiger partial charge in [0, 0.05) is 51.5 Å². The SMILES string of the molecule is CNCCC[C@@H]1NC(=O)[C@@H](NC)Cc2cc(ccc2O)-c2ccc(O)c(c2)C[C@@H](C(=O)NCC2CNCCNC2)NC1=O. The lowest BCUT2D eigenvalue weighted by molar-refractivity contribution is -0.132. The van der Waals surface area contributed by atoms with Gasteiger partial charge in [0.1, 0.15) is 23.6 Å². The maximum atomic E-state index is 13.7. The molecule has 2 heterocycles. The van der Waals surface area contributed by atoms with Gasteiger partial charge in [-0.15, -0.1) is 0 Å². The molecule has 4 rings (SSSR count). The van der Waals surface area contributed by atoms with Crippen LogP contribution < -0.4 is 37.2 Å². The fourth-order valence-corrected chi connectivity index (χ4v) is 5.50. The Bertz CT molecular complexity index is 1270. The summed E-state index contributed by atoms with van der Waals surface area (Å²) in [6.07, 6.45) is 1.20. The van der Waals surface area contributed by atoms with Gasteiger partial charge in [-0.3, -0.25) is 14.4 Å². The van der Waals surface area contributed by atoms with Crippen LogP contribution in [-0.2, 0) is 27.2 Å². The lowest BCUT2D eigenvalue weighted by Crippen LogP contribution is -2.57. The van der Waals surface area contributed by atoms with Crippen molar-refractivity contribution in [1.29, 1.82) is 0 Å². The molecular formula is C31H45N7O5. The van der Waals surface area contributed by atoms with Crippen molar-refractivity contribution in [1.82, 2.24) is 37.2 Å². The summed E-state index contributed by atoms with van der Waals surface area (Å²) in [5.74, 6) is -1.00. The normalized spacial score (nSPS) is 22.0. The third kappa shape index (κ3) is 8.90. The molecule has 2 aliphatic rings. The van der Waals surface area contributed by atoms with Crippen LogP contribution in [0.4, 0.5) is 0 Å². The molecule has 9 N–H and O–H groups in total. The van der Waals surface area contributed by atoms with E-state index in [-0.39, 0.29) is 42.1 Å². The number of amides is 3. The van der Waals surface area contributed by atoms with Gasteiger partial charge in [-0.25, -0.2) is 0 Å². The fraction of sp³-hybridized carbons (Fsp3) is 0.516. The highest BCUT2D eigenvalue weighted by molar-refractivity contribution is 5.93. The lowest BCUT2D eigenvalue weighted by Gasteiger charge is -2.26. The predicted octanol–water partition coefficient (Wildman–Crippen LogP) is -0.654. The number of fused-ring (bicyclic) bond motifs is 5. The molecule has 3 atom stereocenters. The molecule has 234 valence electrons. The minimum Gasteiger partial charge on any atom is -0.508 e. The van der Waals surface area contributed by atoms with E-state index in [0.29, 0.717) is 37.1 Å². The smallest absolute Gasteiger partial charge is 0.243 e. The van der Waals surface area contributed by atoms with Crippen molar-refractivity contribution in [3.63, 3.8) is 0 Å². The molecule has 4 bridgehead atoms. The molecule has 0 radical (unpaired) electrons. The average Bonchev–Trinajstić information content (AvgIpc) is 3.28. The van der Waals surface area contributed by atoms with Gasteiger partial charge in [0.15, 0.2) is 0 Å². The van der Waals surface area contributed by atoms with Gasteiger partial charge in [0.05, 0.1) is 6.04 Å². The van der Waals surface area contributed by atoms with Crippen LogP contribution in [0.2, 0.25) is 0 Å². The molecule has 0 aromatic heterocycles. The number of carbonyl (C=O) groups excluding carboxylic acids is 3. The van der Waals surface area contributed by atoms with Crippen LogP contribution in [0.15, 0.2) is 36.4 Å². The van der Waals surface area contributed by atoms with E-state index in [4.69, 9.17) is 0 Å². The second-order valence-corrected chi connectivity index (χ2v) is 11.3. The molecule has 1 fully saturated rings. The number of carbonyl (C=O) groups is 3. The van der Waals surface area contributed by atoms with Crippen molar-refractivity contribution in [2.45, 2.75) is 43.8 Å². The van der Waals surface area contributed by atoms with Crippen LogP contribution in [0.1, 0.15) is 24.0 Å². The number of rotatable bonds is 8. The molecule has 0 unspecified atom stereocenters. The molecule has 2 aromatic carbocycles. The quantitative estimate of drug-likeness (QED) is 0.180.